The summed E-state index contributed by atoms with van der Waals surface area (Å²) in [5, 5.41) is 14.0. The van der Waals surface area contributed by atoms with E-state index < -0.39 is 29.5 Å². The summed E-state index contributed by atoms with van der Waals surface area (Å²) in [5.41, 5.74) is -1.20. The van der Waals surface area contributed by atoms with E-state index in [9.17, 15) is 18.7 Å². The zero-order valence-electron chi connectivity index (χ0n) is 15.7. The second kappa shape index (κ2) is 8.86. The second-order valence-corrected chi connectivity index (χ2v) is 7.93. The number of hydrogen-bond acceptors (Lipinski definition) is 3. The summed E-state index contributed by atoms with van der Waals surface area (Å²) in [6.45, 7) is 0. The molecule has 0 bridgehead atoms. The topological polar surface area (TPSA) is 58.6 Å². The summed E-state index contributed by atoms with van der Waals surface area (Å²) >= 11 is 12.3. The molecule has 1 amide bonds. The summed E-state index contributed by atoms with van der Waals surface area (Å²) < 4.78 is 33.0. The number of aliphatic hydroxyl groups is 1. The van der Waals surface area contributed by atoms with Crippen LogP contribution in [0.5, 0.6) is 5.75 Å². The Labute approximate surface area is 177 Å². The van der Waals surface area contributed by atoms with Crippen LogP contribution in [-0.2, 0) is 0 Å². The normalized spacial score (nSPS) is 22.8. The summed E-state index contributed by atoms with van der Waals surface area (Å²) in [6, 6.07) is 7.83. The van der Waals surface area contributed by atoms with Crippen LogP contribution in [0.4, 0.5) is 8.78 Å². The van der Waals surface area contributed by atoms with Gasteiger partial charge in [0.15, 0.2) is 0 Å². The molecule has 1 unspecified atom stereocenters. The van der Waals surface area contributed by atoms with Crippen LogP contribution >= 0.6 is 23.2 Å². The first-order valence-electron chi connectivity index (χ1n) is 9.20. The van der Waals surface area contributed by atoms with Gasteiger partial charge in [-0.05, 0) is 49.4 Å². The minimum atomic E-state index is -1.50. The predicted molar refractivity (Wildman–Crippen MR) is 108 cm³/mol. The maximum atomic E-state index is 14.1. The Morgan fingerprint density at radius 2 is 1.90 bits per heavy atom. The van der Waals surface area contributed by atoms with Crippen LogP contribution in [0.15, 0.2) is 36.4 Å². The second-order valence-electron chi connectivity index (χ2n) is 7.14. The van der Waals surface area contributed by atoms with Gasteiger partial charge in [-0.15, -0.1) is 0 Å². The van der Waals surface area contributed by atoms with E-state index >= 15 is 0 Å². The van der Waals surface area contributed by atoms with Crippen molar-refractivity contribution in [3.8, 4) is 5.75 Å². The van der Waals surface area contributed by atoms with Crippen LogP contribution < -0.4 is 10.1 Å². The van der Waals surface area contributed by atoms with Gasteiger partial charge in [-0.3, -0.25) is 4.79 Å². The summed E-state index contributed by atoms with van der Waals surface area (Å²) in [7, 11) is 1.40. The Bertz CT molecular complexity index is 901. The third kappa shape index (κ3) is 4.49. The van der Waals surface area contributed by atoms with Gasteiger partial charge in [0.2, 0.25) is 0 Å². The Balaban J connectivity index is 2.03. The smallest absolute Gasteiger partial charge is 0.257 e. The van der Waals surface area contributed by atoms with Crippen molar-refractivity contribution in [1.29, 1.82) is 0 Å². The number of methoxy groups -OCH3 is 1. The lowest BCUT2D eigenvalue weighted by Crippen LogP contribution is -2.48. The molecular formula is C21H21Cl2F2NO3. The van der Waals surface area contributed by atoms with Gasteiger partial charge in [0, 0.05) is 0 Å². The van der Waals surface area contributed by atoms with Crippen molar-refractivity contribution in [2.75, 3.05) is 7.11 Å². The molecule has 0 heterocycles. The molecule has 0 radical (unpaired) electrons. The monoisotopic (exact) mass is 443 g/mol. The van der Waals surface area contributed by atoms with Gasteiger partial charge in [-0.1, -0.05) is 41.4 Å². The van der Waals surface area contributed by atoms with Crippen molar-refractivity contribution in [2.45, 2.75) is 43.5 Å². The molecule has 0 saturated heterocycles. The molecule has 1 saturated carbocycles. The van der Waals surface area contributed by atoms with E-state index in [-0.39, 0.29) is 52.6 Å². The van der Waals surface area contributed by atoms with Crippen LogP contribution in [0, 0.1) is 5.82 Å². The van der Waals surface area contributed by atoms with E-state index in [1.807, 2.05) is 0 Å². The average Bonchev–Trinajstić information content (AvgIpc) is 2.70. The lowest BCUT2D eigenvalue weighted by atomic mass is 9.76. The zero-order chi connectivity index (χ0) is 21.2. The summed E-state index contributed by atoms with van der Waals surface area (Å²) in [5.74, 6) is -1.05. The molecule has 1 atom stereocenters. The highest BCUT2D eigenvalue weighted by Crippen LogP contribution is 2.42. The van der Waals surface area contributed by atoms with Gasteiger partial charge in [-0.25, -0.2) is 8.78 Å². The maximum Gasteiger partial charge on any atom is 0.257 e. The number of carbonyl (C=O) groups excluding carboxylic acids is 1. The van der Waals surface area contributed by atoms with E-state index in [1.54, 1.807) is 12.1 Å². The Kier molecular flexibility index (Phi) is 6.66. The molecule has 8 heteroatoms. The number of halogens is 4. The number of hydrogen-bond donors (Lipinski definition) is 2. The Hall–Kier alpha value is -1.89. The minimum Gasteiger partial charge on any atom is -0.496 e. The van der Waals surface area contributed by atoms with Crippen molar-refractivity contribution in [1.82, 2.24) is 5.32 Å². The molecular weight excluding hydrogens is 423 g/mol. The molecule has 1 aliphatic rings. The van der Waals surface area contributed by atoms with Crippen LogP contribution in [-0.4, -0.2) is 29.9 Å². The highest BCUT2D eigenvalue weighted by molar-refractivity contribution is 6.34. The Morgan fingerprint density at radius 1 is 1.24 bits per heavy atom. The van der Waals surface area contributed by atoms with Gasteiger partial charge in [0.05, 0.1) is 34.4 Å². The fraction of sp³-hybridized carbons (Fsp3) is 0.381. The first-order chi connectivity index (χ1) is 13.8. The molecule has 0 aliphatic heterocycles. The number of amides is 1. The molecule has 0 aromatic heterocycles. The standard InChI is InChI=1S/C21H21Cl2F2NO3/c1-29-16-7-3-5-14(22)17(16)20(27)26-19(13-4-2-6-15(25)18(13)23)21(28)10-8-12(24)9-11-21/h2-7,12,19,28H,8-11H2,1H3,(H,26,27)/t12-,19?,21+. The first kappa shape index (κ1) is 21.8. The largest absolute Gasteiger partial charge is 0.496 e. The van der Waals surface area contributed by atoms with Crippen LogP contribution in [0.3, 0.4) is 0 Å². The van der Waals surface area contributed by atoms with E-state index in [2.05, 4.69) is 5.32 Å². The van der Waals surface area contributed by atoms with Crippen molar-refractivity contribution >= 4 is 29.1 Å². The number of carbonyl (C=O) groups is 1. The fourth-order valence-corrected chi connectivity index (χ4v) is 4.20. The number of benzene rings is 2. The lowest BCUT2D eigenvalue weighted by molar-refractivity contribution is -0.0446. The Morgan fingerprint density at radius 3 is 2.55 bits per heavy atom. The van der Waals surface area contributed by atoms with Gasteiger partial charge in [-0.2, -0.15) is 0 Å². The number of alkyl halides is 1. The molecule has 29 heavy (non-hydrogen) atoms. The van der Waals surface area contributed by atoms with Gasteiger partial charge in [0.1, 0.15) is 17.7 Å². The average molecular weight is 444 g/mol. The third-order valence-electron chi connectivity index (χ3n) is 5.31. The molecule has 1 aliphatic carbocycles. The molecule has 0 spiro atoms. The molecule has 4 nitrogen and oxygen atoms in total. The van der Waals surface area contributed by atoms with E-state index in [4.69, 9.17) is 27.9 Å². The highest BCUT2D eigenvalue weighted by Gasteiger charge is 2.43. The van der Waals surface area contributed by atoms with Crippen molar-refractivity contribution in [2.24, 2.45) is 0 Å². The predicted octanol–water partition coefficient (Wildman–Crippen LogP) is 5.26. The van der Waals surface area contributed by atoms with Gasteiger partial charge >= 0.3 is 0 Å². The molecule has 2 N–H and O–H groups in total. The van der Waals surface area contributed by atoms with Crippen molar-refractivity contribution in [3.05, 3.63) is 63.4 Å². The van der Waals surface area contributed by atoms with Gasteiger partial charge < -0.3 is 15.2 Å². The van der Waals surface area contributed by atoms with Crippen LogP contribution in [0.1, 0.15) is 47.6 Å². The van der Waals surface area contributed by atoms with Crippen LogP contribution in [0.25, 0.3) is 0 Å². The first-order valence-corrected chi connectivity index (χ1v) is 9.96. The fourth-order valence-electron chi connectivity index (χ4n) is 3.71. The zero-order valence-corrected chi connectivity index (χ0v) is 17.2. The van der Waals surface area contributed by atoms with Crippen LogP contribution in [0.2, 0.25) is 10.0 Å². The maximum absolute atomic E-state index is 14.1. The SMILES string of the molecule is COc1cccc(Cl)c1C(=O)NC(c1cccc(F)c1Cl)[C@]1(O)CC[C@@H](F)CC1. The quantitative estimate of drug-likeness (QED) is 0.662. The van der Waals surface area contributed by atoms with Crippen molar-refractivity contribution < 1.29 is 23.4 Å². The molecule has 156 valence electrons. The number of nitrogens with one attached hydrogen (secondary N) is 1. The lowest BCUT2D eigenvalue weighted by Gasteiger charge is -2.41. The molecule has 3 rings (SSSR count). The highest BCUT2D eigenvalue weighted by atomic mass is 35.5. The summed E-state index contributed by atoms with van der Waals surface area (Å²) in [4.78, 5) is 13.1. The van der Waals surface area contributed by atoms with E-state index in [0.717, 1.165) is 0 Å². The van der Waals surface area contributed by atoms with E-state index in [0.29, 0.717) is 0 Å². The molecule has 2 aromatic rings. The number of rotatable bonds is 5. The summed E-state index contributed by atoms with van der Waals surface area (Å²) in [6.07, 6.45) is -0.591. The van der Waals surface area contributed by atoms with Crippen molar-refractivity contribution in [3.63, 3.8) is 0 Å². The van der Waals surface area contributed by atoms with E-state index in [1.165, 1.54) is 31.4 Å². The number of ether oxygens (including phenoxy) is 1. The third-order valence-corrected chi connectivity index (χ3v) is 6.02. The molecule has 1 fully saturated rings. The van der Waals surface area contributed by atoms with Gasteiger partial charge in [0.25, 0.3) is 5.91 Å². The minimum absolute atomic E-state index is 0.0805. The molecule has 2 aromatic carbocycles.